The number of alkyl halides is 4. The second-order valence-corrected chi connectivity index (χ2v) is 6.23. The van der Waals surface area contributed by atoms with Crippen LogP contribution in [-0.2, 0) is 10.0 Å². The second-order valence-electron chi connectivity index (χ2n) is 4.55. The van der Waals surface area contributed by atoms with Gasteiger partial charge in [0.2, 0.25) is 0 Å². The Morgan fingerprint density at radius 3 is 2.25 bits per heavy atom. The van der Waals surface area contributed by atoms with Gasteiger partial charge < -0.3 is 4.74 Å². The van der Waals surface area contributed by atoms with Gasteiger partial charge in [0.1, 0.15) is 11.6 Å². The van der Waals surface area contributed by atoms with Crippen LogP contribution in [0.4, 0.5) is 27.6 Å². The van der Waals surface area contributed by atoms with Crippen molar-refractivity contribution >= 4 is 15.7 Å². The summed E-state index contributed by atoms with van der Waals surface area (Å²) in [4.78, 5) is -0.270. The lowest BCUT2D eigenvalue weighted by atomic mass is 10.3. The summed E-state index contributed by atoms with van der Waals surface area (Å²) in [5.41, 5.74) is -0.193. The van der Waals surface area contributed by atoms with Gasteiger partial charge in [-0.1, -0.05) is 6.07 Å². The summed E-state index contributed by atoms with van der Waals surface area (Å²) < 4.78 is 92.8. The summed E-state index contributed by atoms with van der Waals surface area (Å²) in [5.74, 6) is -1.29. The van der Waals surface area contributed by atoms with Crippen molar-refractivity contribution in [3.05, 3.63) is 54.3 Å². The molecule has 2 aromatic rings. The molecule has 0 bridgehead atoms. The molecular formula is C14H10F5NO3S. The van der Waals surface area contributed by atoms with Gasteiger partial charge in [-0.05, 0) is 36.4 Å². The van der Waals surface area contributed by atoms with Crippen molar-refractivity contribution in [1.29, 1.82) is 0 Å². The lowest BCUT2D eigenvalue weighted by molar-refractivity contribution is -0.253. The standard InChI is InChI=1S/C14H10F5NO3S/c15-9-4-6-12(7-5-9)24(21,22)20-10-2-1-3-11(8-10)23-14(18,19)13(16)17/h1-8,13,20H. The summed E-state index contributed by atoms with van der Waals surface area (Å²) in [6, 6.07) is 7.98. The predicted octanol–water partition coefficient (Wildman–Crippen LogP) is 3.86. The van der Waals surface area contributed by atoms with Crippen LogP contribution in [0.1, 0.15) is 0 Å². The van der Waals surface area contributed by atoms with Crippen molar-refractivity contribution in [2.24, 2.45) is 0 Å². The van der Waals surface area contributed by atoms with Gasteiger partial charge in [-0.25, -0.2) is 12.8 Å². The summed E-state index contributed by atoms with van der Waals surface area (Å²) in [6.45, 7) is 0. The molecule has 0 spiro atoms. The van der Waals surface area contributed by atoms with E-state index in [1.54, 1.807) is 0 Å². The Kier molecular flexibility index (Phi) is 4.97. The molecule has 0 aliphatic carbocycles. The van der Waals surface area contributed by atoms with Gasteiger partial charge in [-0.2, -0.15) is 17.6 Å². The summed E-state index contributed by atoms with van der Waals surface area (Å²) >= 11 is 0. The van der Waals surface area contributed by atoms with Crippen LogP contribution in [-0.4, -0.2) is 21.0 Å². The number of halogens is 5. The van der Waals surface area contributed by atoms with Crippen molar-refractivity contribution in [3.8, 4) is 5.75 Å². The molecule has 0 amide bonds. The topological polar surface area (TPSA) is 55.4 Å². The molecule has 130 valence electrons. The predicted molar refractivity (Wildman–Crippen MR) is 75.2 cm³/mol. The zero-order valence-electron chi connectivity index (χ0n) is 11.7. The quantitative estimate of drug-likeness (QED) is 0.789. The summed E-state index contributed by atoms with van der Waals surface area (Å²) in [6.07, 6.45) is -8.76. The maximum Gasteiger partial charge on any atom is 0.461 e. The van der Waals surface area contributed by atoms with E-state index in [0.717, 1.165) is 42.5 Å². The van der Waals surface area contributed by atoms with Gasteiger partial charge in [0, 0.05) is 6.07 Å². The number of nitrogens with one attached hydrogen (secondary N) is 1. The number of sulfonamides is 1. The first-order valence-corrected chi connectivity index (χ1v) is 7.82. The second kappa shape index (κ2) is 6.63. The van der Waals surface area contributed by atoms with Gasteiger partial charge in [0.15, 0.2) is 0 Å². The summed E-state index contributed by atoms with van der Waals surface area (Å²) in [7, 11) is -4.11. The fraction of sp³-hybridized carbons (Fsp3) is 0.143. The highest BCUT2D eigenvalue weighted by molar-refractivity contribution is 7.92. The van der Waals surface area contributed by atoms with Crippen molar-refractivity contribution < 1.29 is 35.1 Å². The highest BCUT2D eigenvalue weighted by Gasteiger charge is 2.44. The zero-order chi connectivity index (χ0) is 18.0. The number of anilines is 1. The third kappa shape index (κ3) is 4.34. The molecule has 1 N–H and O–H groups in total. The Balaban J connectivity index is 2.21. The number of ether oxygens (including phenoxy) is 1. The van der Waals surface area contributed by atoms with E-state index in [1.165, 1.54) is 6.07 Å². The van der Waals surface area contributed by atoms with Crippen LogP contribution >= 0.6 is 0 Å². The van der Waals surface area contributed by atoms with Crippen molar-refractivity contribution in [3.63, 3.8) is 0 Å². The first-order valence-electron chi connectivity index (χ1n) is 6.33. The third-order valence-corrected chi connectivity index (χ3v) is 4.12. The van der Waals surface area contributed by atoms with Crippen molar-refractivity contribution in [2.45, 2.75) is 17.4 Å². The minimum atomic E-state index is -4.71. The highest BCUT2D eigenvalue weighted by atomic mass is 32.2. The Bertz CT molecular complexity index is 809. The van der Waals surface area contributed by atoms with E-state index in [9.17, 15) is 30.4 Å². The Morgan fingerprint density at radius 2 is 1.67 bits per heavy atom. The molecule has 0 radical (unpaired) electrons. The Labute approximate surface area is 133 Å². The van der Waals surface area contributed by atoms with E-state index in [-0.39, 0.29) is 10.6 Å². The van der Waals surface area contributed by atoms with Crippen LogP contribution in [0.3, 0.4) is 0 Å². The number of hydrogen-bond acceptors (Lipinski definition) is 3. The normalized spacial score (nSPS) is 12.2. The molecule has 0 aliphatic heterocycles. The molecule has 0 aliphatic rings. The van der Waals surface area contributed by atoms with Crippen LogP contribution in [0.25, 0.3) is 0 Å². The van der Waals surface area contributed by atoms with Crippen LogP contribution in [0.2, 0.25) is 0 Å². The first-order chi connectivity index (χ1) is 11.1. The van der Waals surface area contributed by atoms with E-state index in [1.807, 2.05) is 4.72 Å². The van der Waals surface area contributed by atoms with E-state index < -0.39 is 34.1 Å². The lowest BCUT2D eigenvalue weighted by Gasteiger charge is -2.17. The smallest absolute Gasteiger partial charge is 0.428 e. The summed E-state index contributed by atoms with van der Waals surface area (Å²) in [5, 5.41) is 0. The van der Waals surface area contributed by atoms with Crippen LogP contribution < -0.4 is 9.46 Å². The average molecular weight is 367 g/mol. The number of rotatable bonds is 6. The van der Waals surface area contributed by atoms with Crippen molar-refractivity contribution in [2.75, 3.05) is 4.72 Å². The molecule has 0 saturated heterocycles. The van der Waals surface area contributed by atoms with Crippen molar-refractivity contribution in [1.82, 2.24) is 0 Å². The molecule has 0 aromatic heterocycles. The van der Waals surface area contributed by atoms with Gasteiger partial charge >= 0.3 is 12.5 Å². The fourth-order valence-electron chi connectivity index (χ4n) is 1.65. The molecule has 24 heavy (non-hydrogen) atoms. The van der Waals surface area contributed by atoms with Gasteiger partial charge in [0.25, 0.3) is 10.0 Å². The highest BCUT2D eigenvalue weighted by Crippen LogP contribution is 2.29. The monoisotopic (exact) mass is 367 g/mol. The van der Waals surface area contributed by atoms with Gasteiger partial charge in [0.05, 0.1) is 10.6 Å². The largest absolute Gasteiger partial charge is 0.461 e. The average Bonchev–Trinajstić information content (AvgIpc) is 2.47. The van der Waals surface area contributed by atoms with E-state index in [0.29, 0.717) is 0 Å². The molecular weight excluding hydrogens is 357 g/mol. The van der Waals surface area contributed by atoms with Gasteiger partial charge in [-0.15, -0.1) is 0 Å². The maximum atomic E-state index is 12.9. The fourth-order valence-corrected chi connectivity index (χ4v) is 2.70. The number of benzene rings is 2. The molecule has 4 nitrogen and oxygen atoms in total. The molecule has 0 fully saturated rings. The lowest BCUT2D eigenvalue weighted by Crippen LogP contribution is -2.33. The maximum absolute atomic E-state index is 12.9. The Hall–Kier alpha value is -2.36. The molecule has 0 heterocycles. The van der Waals surface area contributed by atoms with E-state index >= 15 is 0 Å². The molecule has 0 atom stereocenters. The molecule has 10 heteroatoms. The van der Waals surface area contributed by atoms with Crippen LogP contribution in [0.15, 0.2) is 53.4 Å². The van der Waals surface area contributed by atoms with Crippen LogP contribution in [0, 0.1) is 5.82 Å². The SMILES string of the molecule is O=S(=O)(Nc1cccc(OC(F)(F)C(F)F)c1)c1ccc(F)cc1. The van der Waals surface area contributed by atoms with E-state index in [4.69, 9.17) is 0 Å². The Morgan fingerprint density at radius 1 is 1.04 bits per heavy atom. The third-order valence-electron chi connectivity index (χ3n) is 2.72. The minimum Gasteiger partial charge on any atom is -0.428 e. The molecule has 2 rings (SSSR count). The van der Waals surface area contributed by atoms with Gasteiger partial charge in [-0.3, -0.25) is 4.72 Å². The molecule has 2 aromatic carbocycles. The first kappa shape index (κ1) is 18.0. The zero-order valence-corrected chi connectivity index (χ0v) is 12.5. The van der Waals surface area contributed by atoms with Crippen LogP contribution in [0.5, 0.6) is 5.75 Å². The van der Waals surface area contributed by atoms with E-state index in [2.05, 4.69) is 4.74 Å². The molecule has 0 unspecified atom stereocenters. The number of hydrogen-bond donors (Lipinski definition) is 1. The molecule has 0 saturated carbocycles. The minimum absolute atomic E-state index is 0.193.